The van der Waals surface area contributed by atoms with Gasteiger partial charge in [-0.1, -0.05) is 12.1 Å². The van der Waals surface area contributed by atoms with Gasteiger partial charge in [-0.2, -0.15) is 11.8 Å². The zero-order valence-corrected chi connectivity index (χ0v) is 10.2. The van der Waals surface area contributed by atoms with Gasteiger partial charge in [-0.3, -0.25) is 0 Å². The van der Waals surface area contributed by atoms with Crippen molar-refractivity contribution in [2.24, 2.45) is 0 Å². The summed E-state index contributed by atoms with van der Waals surface area (Å²) in [6.07, 6.45) is 0. The maximum atomic E-state index is 11.5. The molecular formula is C12H13NO3S. The second-order valence-corrected chi connectivity index (χ2v) is 4.57. The lowest BCUT2D eigenvalue weighted by molar-refractivity contribution is -0.136. The Hall–Kier alpha value is -1.62. The number of aromatic hydroxyl groups is 1. The molecule has 90 valence electrons. The van der Waals surface area contributed by atoms with Gasteiger partial charge < -0.3 is 15.2 Å². The Morgan fingerprint density at radius 2 is 2.18 bits per heavy atom. The summed E-state index contributed by atoms with van der Waals surface area (Å²) >= 11 is 1.64. The number of hydrogen-bond donors (Lipinski definition) is 2. The lowest BCUT2D eigenvalue weighted by Gasteiger charge is -2.10. The number of methoxy groups -OCH3 is 1. The number of ether oxygens (including phenoxy) is 1. The molecule has 0 spiro atoms. The molecule has 1 aromatic rings. The molecule has 0 fully saturated rings. The monoisotopic (exact) mass is 251 g/mol. The summed E-state index contributed by atoms with van der Waals surface area (Å²) in [7, 11) is 1.37. The van der Waals surface area contributed by atoms with Crippen LogP contribution < -0.4 is 5.32 Å². The topological polar surface area (TPSA) is 58.6 Å². The Morgan fingerprint density at radius 1 is 1.41 bits per heavy atom. The van der Waals surface area contributed by atoms with Crippen molar-refractivity contribution in [1.29, 1.82) is 0 Å². The van der Waals surface area contributed by atoms with E-state index < -0.39 is 0 Å². The number of benzene rings is 1. The first kappa shape index (κ1) is 11.9. The van der Waals surface area contributed by atoms with Crippen molar-refractivity contribution in [1.82, 2.24) is 0 Å². The molecule has 17 heavy (non-hydrogen) atoms. The van der Waals surface area contributed by atoms with Crippen LogP contribution in [0.5, 0.6) is 5.75 Å². The zero-order chi connectivity index (χ0) is 12.3. The fourth-order valence-electron chi connectivity index (χ4n) is 1.59. The first-order valence-corrected chi connectivity index (χ1v) is 6.31. The second kappa shape index (κ2) is 5.14. The maximum Gasteiger partial charge on any atom is 0.336 e. The molecular weight excluding hydrogens is 238 g/mol. The molecule has 0 saturated carbocycles. The number of rotatable bonds is 3. The molecule has 4 nitrogen and oxygen atoms in total. The minimum absolute atomic E-state index is 0.168. The van der Waals surface area contributed by atoms with Crippen LogP contribution >= 0.6 is 11.8 Å². The van der Waals surface area contributed by atoms with Gasteiger partial charge in [0, 0.05) is 17.2 Å². The number of carbonyl (C=O) groups is 1. The summed E-state index contributed by atoms with van der Waals surface area (Å²) in [4.78, 5) is 11.5. The summed E-state index contributed by atoms with van der Waals surface area (Å²) in [6.45, 7) is 0. The van der Waals surface area contributed by atoms with Crippen molar-refractivity contribution >= 4 is 23.4 Å². The van der Waals surface area contributed by atoms with Gasteiger partial charge in [0.25, 0.3) is 0 Å². The van der Waals surface area contributed by atoms with Gasteiger partial charge in [-0.15, -0.1) is 0 Å². The number of anilines is 1. The lowest BCUT2D eigenvalue weighted by atomic mass is 10.2. The average Bonchev–Trinajstić information content (AvgIpc) is 2.79. The van der Waals surface area contributed by atoms with Gasteiger partial charge in [0.1, 0.15) is 5.75 Å². The molecule has 1 heterocycles. The third kappa shape index (κ3) is 2.55. The van der Waals surface area contributed by atoms with E-state index in [1.807, 2.05) is 6.07 Å². The van der Waals surface area contributed by atoms with Gasteiger partial charge in [0.15, 0.2) is 0 Å². The largest absolute Gasteiger partial charge is 0.506 e. The van der Waals surface area contributed by atoms with Crippen LogP contribution in [0.15, 0.2) is 35.5 Å². The van der Waals surface area contributed by atoms with Crippen molar-refractivity contribution in [2.45, 2.75) is 0 Å². The van der Waals surface area contributed by atoms with Gasteiger partial charge in [-0.25, -0.2) is 4.79 Å². The van der Waals surface area contributed by atoms with Crippen LogP contribution in [0.3, 0.4) is 0 Å². The van der Waals surface area contributed by atoms with Gasteiger partial charge in [0.05, 0.1) is 18.4 Å². The van der Waals surface area contributed by atoms with Crippen LogP contribution in [0.25, 0.3) is 0 Å². The number of phenols is 1. The lowest BCUT2D eigenvalue weighted by Crippen LogP contribution is -2.11. The van der Waals surface area contributed by atoms with Crippen molar-refractivity contribution < 1.29 is 14.6 Å². The fourth-order valence-corrected chi connectivity index (χ4v) is 2.64. The SMILES string of the molecule is COC(=O)C1=C(Nc2ccccc2O)CSC1. The Morgan fingerprint density at radius 3 is 2.88 bits per heavy atom. The van der Waals surface area contributed by atoms with Gasteiger partial charge in [0.2, 0.25) is 0 Å². The molecule has 2 N–H and O–H groups in total. The number of carbonyl (C=O) groups excluding carboxylic acids is 1. The van der Waals surface area contributed by atoms with E-state index in [9.17, 15) is 9.90 Å². The molecule has 5 heteroatoms. The van der Waals surface area contributed by atoms with E-state index >= 15 is 0 Å². The van der Waals surface area contributed by atoms with E-state index in [0.29, 0.717) is 17.0 Å². The maximum absolute atomic E-state index is 11.5. The van der Waals surface area contributed by atoms with Crippen LogP contribution in [0.4, 0.5) is 5.69 Å². The highest BCUT2D eigenvalue weighted by Gasteiger charge is 2.22. The van der Waals surface area contributed by atoms with E-state index in [1.165, 1.54) is 7.11 Å². The van der Waals surface area contributed by atoms with Crippen LogP contribution in [0.2, 0.25) is 0 Å². The molecule has 0 unspecified atom stereocenters. The normalized spacial score (nSPS) is 14.9. The van der Waals surface area contributed by atoms with E-state index in [1.54, 1.807) is 30.0 Å². The standard InChI is InChI=1S/C12H13NO3S/c1-16-12(15)8-6-17-7-10(8)13-9-4-2-3-5-11(9)14/h2-5,13-14H,6-7H2,1H3. The van der Waals surface area contributed by atoms with Gasteiger partial charge >= 0.3 is 5.97 Å². The Labute approximate surface area is 104 Å². The summed E-state index contributed by atoms with van der Waals surface area (Å²) in [5, 5.41) is 12.7. The molecule has 1 aliphatic rings. The fraction of sp³-hybridized carbons (Fsp3) is 0.250. The molecule has 1 aromatic carbocycles. The molecule has 0 amide bonds. The van der Waals surface area contributed by atoms with Crippen LogP contribution in [0, 0.1) is 0 Å². The average molecular weight is 251 g/mol. The Balaban J connectivity index is 2.23. The van der Waals surface area contributed by atoms with Crippen molar-refractivity contribution in [3.05, 3.63) is 35.5 Å². The first-order valence-electron chi connectivity index (χ1n) is 5.15. The molecule has 0 radical (unpaired) electrons. The quantitative estimate of drug-likeness (QED) is 0.635. The Kier molecular flexibility index (Phi) is 3.58. The van der Waals surface area contributed by atoms with E-state index in [2.05, 4.69) is 5.32 Å². The van der Waals surface area contributed by atoms with Crippen LogP contribution in [-0.4, -0.2) is 29.7 Å². The molecule has 0 saturated heterocycles. The molecule has 0 bridgehead atoms. The Bertz CT molecular complexity index is 471. The molecule has 1 aliphatic heterocycles. The summed E-state index contributed by atoms with van der Waals surface area (Å²) in [6, 6.07) is 6.94. The number of para-hydroxylation sites is 2. The summed E-state index contributed by atoms with van der Waals surface area (Å²) < 4.78 is 4.72. The minimum atomic E-state index is -0.312. The number of hydrogen-bond acceptors (Lipinski definition) is 5. The minimum Gasteiger partial charge on any atom is -0.506 e. The molecule has 0 aromatic heterocycles. The molecule has 0 aliphatic carbocycles. The predicted octanol–water partition coefficient (Wildman–Crippen LogP) is 1.98. The number of thioether (sulfide) groups is 1. The van der Waals surface area contributed by atoms with Crippen molar-refractivity contribution in [3.63, 3.8) is 0 Å². The third-order valence-corrected chi connectivity index (χ3v) is 3.46. The van der Waals surface area contributed by atoms with Crippen LogP contribution in [-0.2, 0) is 9.53 Å². The van der Waals surface area contributed by atoms with E-state index in [-0.39, 0.29) is 11.7 Å². The third-order valence-electron chi connectivity index (χ3n) is 2.48. The van der Waals surface area contributed by atoms with Crippen LogP contribution in [0.1, 0.15) is 0 Å². The number of phenolic OH excluding ortho intramolecular Hbond substituents is 1. The first-order chi connectivity index (χ1) is 8.22. The van der Waals surface area contributed by atoms with Gasteiger partial charge in [-0.05, 0) is 12.1 Å². The van der Waals surface area contributed by atoms with E-state index in [0.717, 1.165) is 11.4 Å². The smallest absolute Gasteiger partial charge is 0.336 e. The molecule has 2 rings (SSSR count). The number of esters is 1. The predicted molar refractivity (Wildman–Crippen MR) is 68.1 cm³/mol. The second-order valence-electron chi connectivity index (χ2n) is 3.58. The summed E-state index contributed by atoms with van der Waals surface area (Å²) in [5.74, 6) is 1.22. The number of nitrogens with one attached hydrogen (secondary N) is 1. The van der Waals surface area contributed by atoms with E-state index in [4.69, 9.17) is 4.74 Å². The van der Waals surface area contributed by atoms with Crippen molar-refractivity contribution in [3.8, 4) is 5.75 Å². The zero-order valence-electron chi connectivity index (χ0n) is 9.40. The molecule has 0 atom stereocenters. The van der Waals surface area contributed by atoms with Crippen molar-refractivity contribution in [2.75, 3.05) is 23.9 Å². The highest BCUT2D eigenvalue weighted by atomic mass is 32.2. The highest BCUT2D eigenvalue weighted by molar-refractivity contribution is 8.00. The summed E-state index contributed by atoms with van der Waals surface area (Å²) in [5.41, 5.74) is 2.05. The highest BCUT2D eigenvalue weighted by Crippen LogP contribution is 2.30.